The van der Waals surface area contributed by atoms with Gasteiger partial charge < -0.3 is 10.6 Å². The summed E-state index contributed by atoms with van der Waals surface area (Å²) < 4.78 is 0.900. The molecule has 19 heavy (non-hydrogen) atoms. The number of nitrogens with one attached hydrogen (secondary N) is 2. The van der Waals surface area contributed by atoms with Gasteiger partial charge >= 0.3 is 6.03 Å². The molecule has 3 nitrogen and oxygen atoms in total. The van der Waals surface area contributed by atoms with Crippen LogP contribution in [-0.2, 0) is 0 Å². The number of rotatable bonds is 4. The second kappa shape index (κ2) is 7.53. The van der Waals surface area contributed by atoms with E-state index in [9.17, 15) is 4.79 Å². The highest BCUT2D eigenvalue weighted by molar-refractivity contribution is 9.10. The average Bonchev–Trinajstić information content (AvgIpc) is 2.43. The molecule has 2 amide bonds. The van der Waals surface area contributed by atoms with E-state index >= 15 is 0 Å². The van der Waals surface area contributed by atoms with Gasteiger partial charge in [0.05, 0.1) is 5.69 Å². The smallest absolute Gasteiger partial charge is 0.319 e. The minimum Gasteiger partial charge on any atom is -0.338 e. The van der Waals surface area contributed by atoms with Gasteiger partial charge in [-0.1, -0.05) is 44.2 Å². The van der Waals surface area contributed by atoms with E-state index in [1.165, 1.54) is 32.1 Å². The van der Waals surface area contributed by atoms with Gasteiger partial charge in [-0.3, -0.25) is 0 Å². The van der Waals surface area contributed by atoms with Crippen molar-refractivity contribution < 1.29 is 4.79 Å². The fraction of sp³-hybridized carbons (Fsp3) is 0.533. The molecule has 0 radical (unpaired) electrons. The maximum absolute atomic E-state index is 11.8. The Morgan fingerprint density at radius 3 is 2.68 bits per heavy atom. The first-order valence-electron chi connectivity index (χ1n) is 7.05. The van der Waals surface area contributed by atoms with E-state index in [-0.39, 0.29) is 6.03 Å². The molecule has 1 aliphatic rings. The summed E-state index contributed by atoms with van der Waals surface area (Å²) >= 11 is 3.41. The summed E-state index contributed by atoms with van der Waals surface area (Å²) in [7, 11) is 0. The molecule has 2 rings (SSSR count). The van der Waals surface area contributed by atoms with Crippen LogP contribution in [0.5, 0.6) is 0 Å². The fourth-order valence-corrected chi connectivity index (χ4v) is 2.98. The molecular formula is C15H21BrN2O. The van der Waals surface area contributed by atoms with Gasteiger partial charge in [-0.2, -0.15) is 0 Å². The molecule has 0 spiro atoms. The summed E-state index contributed by atoms with van der Waals surface area (Å²) in [5, 5.41) is 5.79. The van der Waals surface area contributed by atoms with E-state index in [4.69, 9.17) is 0 Å². The van der Waals surface area contributed by atoms with Crippen LogP contribution in [0.2, 0.25) is 0 Å². The van der Waals surface area contributed by atoms with Crippen molar-refractivity contribution in [2.45, 2.75) is 38.5 Å². The number of hydrogen-bond donors (Lipinski definition) is 2. The molecule has 0 atom stereocenters. The van der Waals surface area contributed by atoms with Gasteiger partial charge in [0.1, 0.15) is 0 Å². The molecule has 0 unspecified atom stereocenters. The number of anilines is 1. The van der Waals surface area contributed by atoms with Crippen molar-refractivity contribution in [1.82, 2.24) is 5.32 Å². The molecule has 104 valence electrons. The molecule has 0 bridgehead atoms. The lowest BCUT2D eigenvalue weighted by Crippen LogP contribution is -2.30. The molecule has 1 aromatic rings. The highest BCUT2D eigenvalue weighted by Gasteiger charge is 2.13. The van der Waals surface area contributed by atoms with Crippen molar-refractivity contribution in [1.29, 1.82) is 0 Å². The van der Waals surface area contributed by atoms with E-state index in [0.717, 1.165) is 29.0 Å². The molecule has 4 heteroatoms. The maximum Gasteiger partial charge on any atom is 0.319 e. The van der Waals surface area contributed by atoms with Crippen LogP contribution in [-0.4, -0.2) is 12.6 Å². The first kappa shape index (κ1) is 14.4. The lowest BCUT2D eigenvalue weighted by molar-refractivity contribution is 0.250. The van der Waals surface area contributed by atoms with E-state index in [0.29, 0.717) is 0 Å². The Bertz CT molecular complexity index is 416. The average molecular weight is 325 g/mol. The quantitative estimate of drug-likeness (QED) is 0.838. The normalized spacial score (nSPS) is 16.1. The third kappa shape index (κ3) is 4.86. The second-order valence-electron chi connectivity index (χ2n) is 5.15. The second-order valence-corrected chi connectivity index (χ2v) is 6.01. The summed E-state index contributed by atoms with van der Waals surface area (Å²) in [5.74, 6) is 0.803. The van der Waals surface area contributed by atoms with Crippen molar-refractivity contribution in [3.8, 4) is 0 Å². The summed E-state index contributed by atoms with van der Waals surface area (Å²) in [6.45, 7) is 0.765. The summed E-state index contributed by atoms with van der Waals surface area (Å²) in [4.78, 5) is 11.8. The molecule has 0 aliphatic heterocycles. The van der Waals surface area contributed by atoms with Crippen molar-refractivity contribution in [3.05, 3.63) is 28.7 Å². The van der Waals surface area contributed by atoms with Gasteiger partial charge in [-0.05, 0) is 40.4 Å². The Hall–Kier alpha value is -1.03. The third-order valence-electron chi connectivity index (χ3n) is 3.68. The first-order valence-corrected chi connectivity index (χ1v) is 7.84. The molecule has 1 saturated carbocycles. The summed E-state index contributed by atoms with van der Waals surface area (Å²) in [6, 6.07) is 7.50. The number of carbonyl (C=O) groups excluding carboxylic acids is 1. The number of carbonyl (C=O) groups is 1. The van der Waals surface area contributed by atoms with Crippen LogP contribution in [0.25, 0.3) is 0 Å². The zero-order valence-corrected chi connectivity index (χ0v) is 12.7. The zero-order chi connectivity index (χ0) is 13.5. The van der Waals surface area contributed by atoms with Crippen molar-refractivity contribution >= 4 is 27.6 Å². The van der Waals surface area contributed by atoms with Gasteiger partial charge in [-0.25, -0.2) is 4.79 Å². The van der Waals surface area contributed by atoms with Crippen LogP contribution < -0.4 is 10.6 Å². The minimum atomic E-state index is -0.122. The summed E-state index contributed by atoms with van der Waals surface area (Å²) in [5.41, 5.74) is 0.803. The maximum atomic E-state index is 11.8. The fourth-order valence-electron chi connectivity index (χ4n) is 2.59. The van der Waals surface area contributed by atoms with Crippen LogP contribution in [0, 0.1) is 5.92 Å². The van der Waals surface area contributed by atoms with Gasteiger partial charge in [0, 0.05) is 11.0 Å². The van der Waals surface area contributed by atoms with Gasteiger partial charge in [0.2, 0.25) is 0 Å². The Morgan fingerprint density at radius 2 is 1.95 bits per heavy atom. The molecule has 1 aliphatic carbocycles. The third-order valence-corrected chi connectivity index (χ3v) is 4.38. The predicted molar refractivity (Wildman–Crippen MR) is 82.4 cm³/mol. The van der Waals surface area contributed by atoms with Crippen LogP contribution in [0.15, 0.2) is 28.7 Å². The van der Waals surface area contributed by atoms with Crippen molar-refractivity contribution in [3.63, 3.8) is 0 Å². The van der Waals surface area contributed by atoms with Gasteiger partial charge in [-0.15, -0.1) is 0 Å². The largest absolute Gasteiger partial charge is 0.338 e. The highest BCUT2D eigenvalue weighted by atomic mass is 79.9. The lowest BCUT2D eigenvalue weighted by Gasteiger charge is -2.21. The Balaban J connectivity index is 1.68. The Morgan fingerprint density at radius 1 is 1.21 bits per heavy atom. The van der Waals surface area contributed by atoms with Crippen molar-refractivity contribution in [2.24, 2.45) is 5.92 Å². The minimum absolute atomic E-state index is 0.122. The Kier molecular flexibility index (Phi) is 5.70. The van der Waals surface area contributed by atoms with Crippen molar-refractivity contribution in [2.75, 3.05) is 11.9 Å². The lowest BCUT2D eigenvalue weighted by atomic mass is 9.87. The predicted octanol–water partition coefficient (Wildman–Crippen LogP) is 4.54. The van der Waals surface area contributed by atoms with Crippen LogP contribution in [0.3, 0.4) is 0 Å². The van der Waals surface area contributed by atoms with Gasteiger partial charge in [0.25, 0.3) is 0 Å². The molecule has 2 N–H and O–H groups in total. The monoisotopic (exact) mass is 324 g/mol. The standard InChI is InChI=1S/C15H21BrN2O/c16-13-8-4-5-9-14(13)18-15(19)17-11-10-12-6-2-1-3-7-12/h4-5,8-9,12H,1-3,6-7,10-11H2,(H2,17,18,19). The van der Waals surface area contributed by atoms with E-state index in [1.807, 2.05) is 24.3 Å². The highest BCUT2D eigenvalue weighted by Crippen LogP contribution is 2.25. The number of hydrogen-bond acceptors (Lipinski definition) is 1. The van der Waals surface area contributed by atoms with E-state index in [2.05, 4.69) is 26.6 Å². The van der Waals surface area contributed by atoms with Crippen LogP contribution in [0.1, 0.15) is 38.5 Å². The molecule has 1 fully saturated rings. The first-order chi connectivity index (χ1) is 9.25. The number of benzene rings is 1. The number of para-hydroxylation sites is 1. The SMILES string of the molecule is O=C(NCCC1CCCCC1)Nc1ccccc1Br. The molecule has 0 aromatic heterocycles. The molecule has 1 aromatic carbocycles. The molecular weight excluding hydrogens is 304 g/mol. The van der Waals surface area contributed by atoms with E-state index < -0.39 is 0 Å². The summed E-state index contributed by atoms with van der Waals surface area (Å²) in [6.07, 6.45) is 7.85. The number of urea groups is 1. The molecule has 0 heterocycles. The number of halogens is 1. The van der Waals surface area contributed by atoms with E-state index in [1.54, 1.807) is 0 Å². The van der Waals surface area contributed by atoms with Crippen LogP contribution in [0.4, 0.5) is 10.5 Å². The Labute approximate surface area is 123 Å². The van der Waals surface area contributed by atoms with Gasteiger partial charge in [0.15, 0.2) is 0 Å². The molecule has 0 saturated heterocycles. The topological polar surface area (TPSA) is 41.1 Å². The number of amides is 2. The zero-order valence-electron chi connectivity index (χ0n) is 11.1. The van der Waals surface area contributed by atoms with Crippen LogP contribution >= 0.6 is 15.9 Å².